The van der Waals surface area contributed by atoms with E-state index in [-0.39, 0.29) is 10.9 Å². The monoisotopic (exact) mass is 382 g/mol. The summed E-state index contributed by atoms with van der Waals surface area (Å²) in [5, 5.41) is 4.10. The van der Waals surface area contributed by atoms with Crippen LogP contribution >= 0.6 is 11.3 Å². The van der Waals surface area contributed by atoms with Crippen molar-refractivity contribution in [3.8, 4) is 0 Å². The van der Waals surface area contributed by atoms with Gasteiger partial charge in [-0.1, -0.05) is 6.42 Å². The third-order valence-corrected chi connectivity index (χ3v) is 6.79. The molecule has 0 bridgehead atoms. The quantitative estimate of drug-likeness (QED) is 0.829. The lowest BCUT2D eigenvalue weighted by Crippen LogP contribution is -2.40. The number of sulfonamides is 1. The van der Waals surface area contributed by atoms with E-state index in [0.717, 1.165) is 31.5 Å². The van der Waals surface area contributed by atoms with Gasteiger partial charge in [0.15, 0.2) is 0 Å². The molecule has 0 amide bonds. The van der Waals surface area contributed by atoms with Crippen LogP contribution < -0.4 is 4.72 Å². The van der Waals surface area contributed by atoms with Gasteiger partial charge in [0.2, 0.25) is 10.0 Å². The second-order valence-corrected chi connectivity index (χ2v) is 8.98. The fraction of sp³-hybridized carbons (Fsp3) is 0.444. The van der Waals surface area contributed by atoms with E-state index in [1.165, 1.54) is 24.6 Å². The second kappa shape index (κ2) is 7.95. The van der Waals surface area contributed by atoms with Crippen LogP contribution in [0.2, 0.25) is 0 Å². The van der Waals surface area contributed by atoms with Gasteiger partial charge in [-0.25, -0.2) is 17.5 Å². The fourth-order valence-corrected chi connectivity index (χ4v) is 5.04. The molecule has 1 saturated heterocycles. The molecule has 1 aromatic carbocycles. The number of piperidine rings is 1. The number of nitrogens with zero attached hydrogens (tertiary/aromatic N) is 1. The number of rotatable bonds is 6. The third-order valence-electron chi connectivity index (χ3n) is 4.67. The van der Waals surface area contributed by atoms with Gasteiger partial charge in [0.25, 0.3) is 0 Å². The van der Waals surface area contributed by atoms with Gasteiger partial charge in [0.1, 0.15) is 5.82 Å². The lowest BCUT2D eigenvalue weighted by Gasteiger charge is -2.34. The molecule has 2 heterocycles. The van der Waals surface area contributed by atoms with E-state index in [1.54, 1.807) is 18.3 Å². The van der Waals surface area contributed by atoms with Gasteiger partial charge in [-0.3, -0.25) is 4.90 Å². The Morgan fingerprint density at radius 2 is 2.00 bits per heavy atom. The molecule has 2 aromatic rings. The van der Waals surface area contributed by atoms with Crippen molar-refractivity contribution in [1.82, 2.24) is 9.62 Å². The van der Waals surface area contributed by atoms with Crippen molar-refractivity contribution in [1.29, 1.82) is 0 Å². The van der Waals surface area contributed by atoms with E-state index in [4.69, 9.17) is 0 Å². The minimum Gasteiger partial charge on any atom is -0.295 e. The molecule has 1 aliphatic rings. The van der Waals surface area contributed by atoms with Crippen molar-refractivity contribution >= 4 is 21.4 Å². The molecule has 0 radical (unpaired) electrons. The van der Waals surface area contributed by atoms with Crippen molar-refractivity contribution in [3.63, 3.8) is 0 Å². The van der Waals surface area contributed by atoms with Crippen LogP contribution in [0.1, 0.15) is 36.4 Å². The summed E-state index contributed by atoms with van der Waals surface area (Å²) in [6.07, 6.45) is 3.52. The predicted molar refractivity (Wildman–Crippen MR) is 98.8 cm³/mol. The highest BCUT2D eigenvalue weighted by atomic mass is 32.2. The number of likely N-dealkylation sites (tertiary alicyclic amines) is 1. The van der Waals surface area contributed by atoms with Crippen LogP contribution in [0.25, 0.3) is 0 Å². The van der Waals surface area contributed by atoms with Gasteiger partial charge in [-0.15, -0.1) is 0 Å². The predicted octanol–water partition coefficient (Wildman–Crippen LogP) is 3.70. The average Bonchev–Trinajstić information content (AvgIpc) is 3.12. The molecular weight excluding hydrogens is 359 g/mol. The lowest BCUT2D eigenvalue weighted by atomic mass is 10.0. The second-order valence-electron chi connectivity index (χ2n) is 6.43. The Morgan fingerprint density at radius 3 is 2.64 bits per heavy atom. The number of halogens is 1. The first-order valence-corrected chi connectivity index (χ1v) is 10.9. The van der Waals surface area contributed by atoms with Crippen LogP contribution in [0.15, 0.2) is 39.9 Å². The van der Waals surface area contributed by atoms with Gasteiger partial charge in [0, 0.05) is 12.6 Å². The summed E-state index contributed by atoms with van der Waals surface area (Å²) >= 11 is 1.62. The zero-order valence-electron chi connectivity index (χ0n) is 14.2. The van der Waals surface area contributed by atoms with E-state index in [1.807, 2.05) is 5.38 Å². The summed E-state index contributed by atoms with van der Waals surface area (Å²) in [5.41, 5.74) is 1.47. The van der Waals surface area contributed by atoms with Crippen molar-refractivity contribution in [2.45, 2.75) is 37.1 Å². The minimum absolute atomic E-state index is 0.0304. The molecule has 1 aromatic heterocycles. The highest BCUT2D eigenvalue weighted by Crippen LogP contribution is 2.26. The van der Waals surface area contributed by atoms with Crippen molar-refractivity contribution < 1.29 is 12.8 Å². The molecule has 1 aliphatic heterocycles. The topological polar surface area (TPSA) is 49.4 Å². The molecular formula is C18H23FN2O2S2. The molecule has 136 valence electrons. The number of nitrogens with one attached hydrogen (secondary N) is 1. The molecule has 1 unspecified atom stereocenters. The number of hydrogen-bond acceptors (Lipinski definition) is 4. The summed E-state index contributed by atoms with van der Waals surface area (Å²) in [4.78, 5) is 2.46. The van der Waals surface area contributed by atoms with Gasteiger partial charge < -0.3 is 0 Å². The number of hydrogen-bond donors (Lipinski definition) is 1. The normalized spacial score (nSPS) is 17.5. The lowest BCUT2D eigenvalue weighted by molar-refractivity contribution is 0.165. The molecule has 4 nitrogen and oxygen atoms in total. The van der Waals surface area contributed by atoms with Crippen LogP contribution in [0.3, 0.4) is 0 Å². The minimum atomic E-state index is -3.66. The van der Waals surface area contributed by atoms with E-state index in [9.17, 15) is 12.8 Å². The molecule has 1 atom stereocenters. The zero-order chi connectivity index (χ0) is 17.9. The summed E-state index contributed by atoms with van der Waals surface area (Å²) < 4.78 is 41.3. The van der Waals surface area contributed by atoms with Crippen LogP contribution in [0.4, 0.5) is 4.39 Å². The van der Waals surface area contributed by atoms with Gasteiger partial charge in [-0.2, -0.15) is 11.3 Å². The largest absolute Gasteiger partial charge is 0.295 e. The molecule has 3 rings (SSSR count). The number of aryl methyl sites for hydroxylation is 1. The van der Waals surface area contributed by atoms with E-state index in [2.05, 4.69) is 21.1 Å². The maximum absolute atomic E-state index is 13.4. The van der Waals surface area contributed by atoms with Gasteiger partial charge in [-0.05, 0) is 79.0 Å². The Morgan fingerprint density at radius 1 is 1.24 bits per heavy atom. The molecule has 7 heteroatoms. The van der Waals surface area contributed by atoms with Crippen molar-refractivity contribution in [3.05, 3.63) is 52.0 Å². The Labute approximate surface area is 152 Å². The van der Waals surface area contributed by atoms with E-state index in [0.29, 0.717) is 12.1 Å². The van der Waals surface area contributed by atoms with Gasteiger partial charge in [0.05, 0.1) is 4.90 Å². The SMILES string of the molecule is Cc1cc(S(=O)(=O)NCC(c2ccsc2)N2CCCCC2)ccc1F. The summed E-state index contributed by atoms with van der Waals surface area (Å²) in [5.74, 6) is -0.400. The standard InChI is InChI=1S/C18H23FN2O2S2/c1-14-11-16(5-6-17(14)19)25(22,23)20-12-18(15-7-10-24-13-15)21-8-3-2-4-9-21/h5-7,10-11,13,18,20H,2-4,8-9,12H2,1H3. The Hall–Kier alpha value is -1.28. The first-order chi connectivity index (χ1) is 12.0. The third kappa shape index (κ3) is 4.47. The Bertz CT molecular complexity index is 800. The molecule has 25 heavy (non-hydrogen) atoms. The smallest absolute Gasteiger partial charge is 0.240 e. The Balaban J connectivity index is 1.76. The van der Waals surface area contributed by atoms with Crippen molar-refractivity contribution in [2.75, 3.05) is 19.6 Å². The first kappa shape index (κ1) is 18.5. The summed E-state index contributed by atoms with van der Waals surface area (Å²) in [7, 11) is -3.66. The Kier molecular flexibility index (Phi) is 5.89. The van der Waals surface area contributed by atoms with Crippen LogP contribution in [0, 0.1) is 12.7 Å². The highest BCUT2D eigenvalue weighted by Gasteiger charge is 2.25. The molecule has 1 N–H and O–H groups in total. The van der Waals surface area contributed by atoms with Gasteiger partial charge >= 0.3 is 0 Å². The molecule has 0 saturated carbocycles. The maximum Gasteiger partial charge on any atom is 0.240 e. The number of thiophene rings is 1. The average molecular weight is 383 g/mol. The maximum atomic E-state index is 13.4. The van der Waals surface area contributed by atoms with E-state index < -0.39 is 15.8 Å². The van der Waals surface area contributed by atoms with Crippen LogP contribution in [-0.4, -0.2) is 33.0 Å². The summed E-state index contributed by atoms with van der Waals surface area (Å²) in [6, 6.07) is 5.97. The number of benzene rings is 1. The van der Waals surface area contributed by atoms with Crippen molar-refractivity contribution in [2.24, 2.45) is 0 Å². The van der Waals surface area contributed by atoms with Crippen LogP contribution in [0.5, 0.6) is 0 Å². The molecule has 1 fully saturated rings. The van der Waals surface area contributed by atoms with Crippen LogP contribution in [-0.2, 0) is 10.0 Å². The molecule has 0 aliphatic carbocycles. The van der Waals surface area contributed by atoms with E-state index >= 15 is 0 Å². The summed E-state index contributed by atoms with van der Waals surface area (Å²) in [6.45, 7) is 3.85. The zero-order valence-corrected chi connectivity index (χ0v) is 15.9. The highest BCUT2D eigenvalue weighted by molar-refractivity contribution is 7.89. The fourth-order valence-electron chi connectivity index (χ4n) is 3.21. The molecule has 0 spiro atoms. The first-order valence-electron chi connectivity index (χ1n) is 8.49.